The van der Waals surface area contributed by atoms with Crippen LogP contribution in [0.4, 0.5) is 11.4 Å². The van der Waals surface area contributed by atoms with Crippen LogP contribution in [0, 0.1) is 0 Å². The van der Waals surface area contributed by atoms with Gasteiger partial charge >= 0.3 is 0 Å². The third-order valence-corrected chi connectivity index (χ3v) is 4.73. The maximum atomic E-state index is 12.2. The smallest absolute Gasteiger partial charge is 0.248 e. The number of nitrogens with two attached hydrogens (primary N) is 1. The number of benzene rings is 3. The Morgan fingerprint density at radius 1 is 0.966 bits per heavy atom. The molecule has 0 atom stereocenters. The minimum Gasteiger partial charge on any atom is -0.398 e. The van der Waals surface area contributed by atoms with E-state index in [1.54, 1.807) is 18.2 Å². The third-order valence-electron chi connectivity index (χ3n) is 4.47. The normalized spacial score (nSPS) is 11.1. The van der Waals surface area contributed by atoms with Gasteiger partial charge in [-0.2, -0.15) is 0 Å². The first-order chi connectivity index (χ1) is 14.1. The van der Waals surface area contributed by atoms with E-state index in [0.717, 1.165) is 27.7 Å². The Kier molecular flexibility index (Phi) is 5.27. The van der Waals surface area contributed by atoms with Crippen LogP contribution in [-0.4, -0.2) is 10.9 Å². The number of nitrogens with zero attached hydrogens (tertiary/aromatic N) is 1. The Hall–Kier alpha value is -3.63. The lowest BCUT2D eigenvalue weighted by Crippen LogP contribution is -2.07. The van der Waals surface area contributed by atoms with E-state index >= 15 is 0 Å². The molecule has 4 aromatic rings. The molecule has 4 rings (SSSR count). The molecule has 0 spiro atoms. The lowest BCUT2D eigenvalue weighted by atomic mass is 10.1. The molecule has 0 saturated carbocycles. The minimum atomic E-state index is -0.230. The SMILES string of the molecule is Nc1cc(-c2ccccc2)nc2ccc(NC(=O)/C=C/c3ccc(Cl)cc3)cc12. The lowest BCUT2D eigenvalue weighted by Gasteiger charge is -2.09. The summed E-state index contributed by atoms with van der Waals surface area (Å²) in [6.07, 6.45) is 3.21. The average molecular weight is 400 g/mol. The van der Waals surface area contributed by atoms with E-state index in [0.29, 0.717) is 16.4 Å². The molecule has 4 nitrogen and oxygen atoms in total. The van der Waals surface area contributed by atoms with Crippen molar-refractivity contribution in [3.63, 3.8) is 0 Å². The summed E-state index contributed by atoms with van der Waals surface area (Å²) in [5, 5.41) is 4.31. The zero-order chi connectivity index (χ0) is 20.2. The van der Waals surface area contributed by atoms with Crippen LogP contribution in [0.25, 0.3) is 28.2 Å². The van der Waals surface area contributed by atoms with E-state index in [-0.39, 0.29) is 5.91 Å². The maximum Gasteiger partial charge on any atom is 0.248 e. The molecule has 0 aliphatic heterocycles. The molecule has 29 heavy (non-hydrogen) atoms. The Morgan fingerprint density at radius 3 is 2.48 bits per heavy atom. The summed E-state index contributed by atoms with van der Waals surface area (Å²) in [5.41, 5.74) is 11.0. The molecule has 5 heteroatoms. The number of carbonyl (C=O) groups excluding carboxylic acids is 1. The summed E-state index contributed by atoms with van der Waals surface area (Å²) >= 11 is 5.87. The molecule has 0 bridgehead atoms. The highest BCUT2D eigenvalue weighted by Crippen LogP contribution is 2.28. The van der Waals surface area contributed by atoms with Crippen molar-refractivity contribution in [2.24, 2.45) is 0 Å². The van der Waals surface area contributed by atoms with Gasteiger partial charge in [0.2, 0.25) is 5.91 Å². The molecule has 0 fully saturated rings. The van der Waals surface area contributed by atoms with Crippen LogP contribution in [0.3, 0.4) is 0 Å². The van der Waals surface area contributed by atoms with Crippen molar-refractivity contribution in [2.45, 2.75) is 0 Å². The van der Waals surface area contributed by atoms with Gasteiger partial charge in [0.15, 0.2) is 0 Å². The second kappa shape index (κ2) is 8.17. The van der Waals surface area contributed by atoms with E-state index in [9.17, 15) is 4.79 Å². The lowest BCUT2D eigenvalue weighted by molar-refractivity contribution is -0.111. The van der Waals surface area contributed by atoms with Gasteiger partial charge in [0.05, 0.1) is 11.2 Å². The van der Waals surface area contributed by atoms with Crippen molar-refractivity contribution < 1.29 is 4.79 Å². The van der Waals surface area contributed by atoms with Crippen molar-refractivity contribution >= 4 is 45.9 Å². The third kappa shape index (κ3) is 4.45. The fraction of sp³-hybridized carbons (Fsp3) is 0. The van der Waals surface area contributed by atoms with E-state index in [2.05, 4.69) is 5.32 Å². The van der Waals surface area contributed by atoms with Crippen molar-refractivity contribution in [3.8, 4) is 11.3 Å². The molecule has 0 radical (unpaired) electrons. The summed E-state index contributed by atoms with van der Waals surface area (Å²) < 4.78 is 0. The zero-order valence-electron chi connectivity index (χ0n) is 15.5. The van der Waals surface area contributed by atoms with Crippen LogP contribution in [0.15, 0.2) is 84.9 Å². The first-order valence-corrected chi connectivity index (χ1v) is 9.47. The average Bonchev–Trinajstić information content (AvgIpc) is 2.74. The number of rotatable bonds is 4. The van der Waals surface area contributed by atoms with Crippen LogP contribution >= 0.6 is 11.6 Å². The van der Waals surface area contributed by atoms with Crippen LogP contribution in [0.1, 0.15) is 5.56 Å². The van der Waals surface area contributed by atoms with E-state index < -0.39 is 0 Å². The van der Waals surface area contributed by atoms with Gasteiger partial charge in [0.1, 0.15) is 0 Å². The second-order valence-corrected chi connectivity index (χ2v) is 7.01. The molecule has 3 aromatic carbocycles. The molecule has 3 N–H and O–H groups in total. The molecule has 1 aromatic heterocycles. The first kappa shape index (κ1) is 18.7. The number of amides is 1. The largest absolute Gasteiger partial charge is 0.398 e. The predicted molar refractivity (Wildman–Crippen MR) is 121 cm³/mol. The number of hydrogen-bond acceptors (Lipinski definition) is 3. The summed E-state index contributed by atoms with van der Waals surface area (Å²) in [6, 6.07) is 24.5. The van der Waals surface area contributed by atoms with Gasteiger partial charge in [-0.25, -0.2) is 4.98 Å². The maximum absolute atomic E-state index is 12.2. The molecule has 142 valence electrons. The van der Waals surface area contributed by atoms with Crippen LogP contribution < -0.4 is 11.1 Å². The molecule has 0 aliphatic rings. The van der Waals surface area contributed by atoms with Gasteiger partial charge < -0.3 is 11.1 Å². The van der Waals surface area contributed by atoms with Gasteiger partial charge in [0.25, 0.3) is 0 Å². The van der Waals surface area contributed by atoms with Crippen molar-refractivity contribution in [2.75, 3.05) is 11.1 Å². The highest BCUT2D eigenvalue weighted by Gasteiger charge is 2.07. The van der Waals surface area contributed by atoms with Crippen molar-refractivity contribution in [1.29, 1.82) is 0 Å². The molecule has 1 heterocycles. The topological polar surface area (TPSA) is 68.0 Å². The summed E-state index contributed by atoms with van der Waals surface area (Å²) in [7, 11) is 0. The van der Waals surface area contributed by atoms with Crippen LogP contribution in [0.2, 0.25) is 5.02 Å². The summed E-state index contributed by atoms with van der Waals surface area (Å²) in [5.74, 6) is -0.230. The number of pyridine rings is 1. The molecule has 0 unspecified atom stereocenters. The number of nitrogens with one attached hydrogen (secondary N) is 1. The van der Waals surface area contributed by atoms with E-state index in [1.165, 1.54) is 6.08 Å². The van der Waals surface area contributed by atoms with Crippen LogP contribution in [0.5, 0.6) is 0 Å². The highest BCUT2D eigenvalue weighted by molar-refractivity contribution is 6.30. The van der Waals surface area contributed by atoms with Gasteiger partial charge in [-0.15, -0.1) is 0 Å². The predicted octanol–water partition coefficient (Wildman–Crippen LogP) is 5.79. The molecule has 1 amide bonds. The van der Waals surface area contributed by atoms with Gasteiger partial charge in [-0.1, -0.05) is 54.1 Å². The monoisotopic (exact) mass is 399 g/mol. The van der Waals surface area contributed by atoms with Crippen molar-refractivity contribution in [3.05, 3.63) is 95.5 Å². The van der Waals surface area contributed by atoms with Gasteiger partial charge in [-0.3, -0.25) is 4.79 Å². The molecular weight excluding hydrogens is 382 g/mol. The fourth-order valence-corrected chi connectivity index (χ4v) is 3.14. The van der Waals surface area contributed by atoms with Gasteiger partial charge in [-0.05, 0) is 48.0 Å². The Morgan fingerprint density at radius 2 is 1.72 bits per heavy atom. The number of halogens is 1. The fourth-order valence-electron chi connectivity index (χ4n) is 3.02. The first-order valence-electron chi connectivity index (χ1n) is 9.09. The number of nitrogen functional groups attached to an aromatic ring is 1. The molecule has 0 saturated heterocycles. The standard InChI is InChI=1S/C24H18ClN3O/c25-18-9-6-16(7-10-18)8-13-24(29)27-19-11-12-22-20(14-19)21(26)15-23(28-22)17-4-2-1-3-5-17/h1-15H,(H2,26,28)(H,27,29)/b13-8+. The Bertz CT molecular complexity index is 1200. The second-order valence-electron chi connectivity index (χ2n) is 6.57. The Balaban J connectivity index is 1.55. The number of hydrogen-bond donors (Lipinski definition) is 2. The highest BCUT2D eigenvalue weighted by atomic mass is 35.5. The zero-order valence-corrected chi connectivity index (χ0v) is 16.2. The molecule has 0 aliphatic carbocycles. The van der Waals surface area contributed by atoms with Crippen molar-refractivity contribution in [1.82, 2.24) is 4.98 Å². The summed E-state index contributed by atoms with van der Waals surface area (Å²) in [4.78, 5) is 16.9. The number of anilines is 2. The van der Waals surface area contributed by atoms with E-state index in [4.69, 9.17) is 22.3 Å². The van der Waals surface area contributed by atoms with E-state index in [1.807, 2.05) is 66.7 Å². The van der Waals surface area contributed by atoms with Gasteiger partial charge in [0, 0.05) is 33.4 Å². The summed E-state index contributed by atoms with van der Waals surface area (Å²) in [6.45, 7) is 0. The number of aromatic nitrogens is 1. The minimum absolute atomic E-state index is 0.230. The van der Waals surface area contributed by atoms with Crippen LogP contribution in [-0.2, 0) is 4.79 Å². The quantitative estimate of drug-likeness (QED) is 0.427. The number of fused-ring (bicyclic) bond motifs is 1. The molecular formula is C24H18ClN3O. The number of carbonyl (C=O) groups is 1. The Labute approximate surface area is 173 Å².